The molecule has 1 atom stereocenters. The van der Waals surface area contributed by atoms with Crippen LogP contribution in [-0.4, -0.2) is 22.7 Å². The fourth-order valence-corrected chi connectivity index (χ4v) is 3.39. The molecule has 0 bridgehead atoms. The Morgan fingerprint density at radius 2 is 1.55 bits per heavy atom. The van der Waals surface area contributed by atoms with E-state index in [0.717, 1.165) is 51.8 Å². The number of benzene rings is 2. The van der Waals surface area contributed by atoms with Gasteiger partial charge in [-0.05, 0) is 57.0 Å². The molecule has 0 saturated heterocycles. The van der Waals surface area contributed by atoms with Gasteiger partial charge in [0, 0.05) is 16.5 Å². The minimum atomic E-state index is 0.0628. The summed E-state index contributed by atoms with van der Waals surface area (Å²) >= 11 is 0. The molecule has 0 fully saturated rings. The third-order valence-electron chi connectivity index (χ3n) is 4.87. The second-order valence-corrected chi connectivity index (χ2v) is 7.26. The zero-order chi connectivity index (χ0) is 20.2. The molecule has 2 heterocycles. The molecule has 148 valence electrons. The number of nitrogen functional groups attached to an aromatic ring is 1. The Morgan fingerprint density at radius 1 is 0.862 bits per heavy atom. The Bertz CT molecular complexity index is 1140. The summed E-state index contributed by atoms with van der Waals surface area (Å²) < 4.78 is 12.1. The Kier molecular flexibility index (Phi) is 5.47. The average Bonchev–Trinajstić information content (AvgIpc) is 2.72. The molecule has 1 unspecified atom stereocenters. The summed E-state index contributed by atoms with van der Waals surface area (Å²) in [6, 6.07) is 19.8. The van der Waals surface area contributed by atoms with E-state index in [0.29, 0.717) is 12.4 Å². The van der Waals surface area contributed by atoms with Crippen LogP contribution in [0.1, 0.15) is 25.5 Å². The van der Waals surface area contributed by atoms with Crippen molar-refractivity contribution in [3.05, 3.63) is 66.4 Å². The minimum absolute atomic E-state index is 0.0628. The lowest BCUT2D eigenvalue weighted by Crippen LogP contribution is -2.13. The van der Waals surface area contributed by atoms with Gasteiger partial charge in [-0.1, -0.05) is 30.3 Å². The van der Waals surface area contributed by atoms with E-state index in [4.69, 9.17) is 15.2 Å². The van der Waals surface area contributed by atoms with Crippen LogP contribution in [0.3, 0.4) is 0 Å². The van der Waals surface area contributed by atoms with E-state index >= 15 is 0 Å². The first-order chi connectivity index (χ1) is 14.1. The summed E-state index contributed by atoms with van der Waals surface area (Å²) in [5.41, 5.74) is 8.52. The van der Waals surface area contributed by atoms with Crippen molar-refractivity contribution in [3.8, 4) is 11.5 Å². The highest BCUT2D eigenvalue weighted by atomic mass is 16.5. The van der Waals surface area contributed by atoms with E-state index in [1.807, 2.05) is 49.4 Å². The molecule has 0 aliphatic carbocycles. The Morgan fingerprint density at radius 3 is 2.34 bits per heavy atom. The minimum Gasteiger partial charge on any atom is -0.491 e. The molecule has 0 saturated carbocycles. The lowest BCUT2D eigenvalue weighted by Gasteiger charge is -2.16. The number of para-hydroxylation sites is 2. The van der Waals surface area contributed by atoms with Crippen LogP contribution in [0, 0.1) is 6.92 Å². The summed E-state index contributed by atoms with van der Waals surface area (Å²) in [5, 5.41) is 2.11. The number of fused-ring (bicyclic) bond motifs is 2. The summed E-state index contributed by atoms with van der Waals surface area (Å²) in [6.45, 7) is 4.66. The monoisotopic (exact) mass is 387 g/mol. The van der Waals surface area contributed by atoms with Crippen LogP contribution in [-0.2, 0) is 0 Å². The van der Waals surface area contributed by atoms with Gasteiger partial charge in [-0.15, -0.1) is 0 Å². The molecule has 2 aromatic heterocycles. The number of aromatic nitrogens is 2. The number of nitrogens with two attached hydrogens (primary N) is 1. The Hall–Kier alpha value is -3.34. The van der Waals surface area contributed by atoms with E-state index in [1.165, 1.54) is 0 Å². The second kappa shape index (κ2) is 8.35. The quantitative estimate of drug-likeness (QED) is 0.436. The van der Waals surface area contributed by atoms with Gasteiger partial charge in [0.15, 0.2) is 0 Å². The number of anilines is 1. The second-order valence-electron chi connectivity index (χ2n) is 7.26. The molecule has 0 aliphatic heterocycles. The first kappa shape index (κ1) is 19.0. The van der Waals surface area contributed by atoms with Crippen molar-refractivity contribution in [2.75, 3.05) is 12.3 Å². The summed E-state index contributed by atoms with van der Waals surface area (Å²) in [7, 11) is 0. The van der Waals surface area contributed by atoms with E-state index in [9.17, 15) is 0 Å². The largest absolute Gasteiger partial charge is 0.491 e. The molecule has 4 rings (SSSR count). The van der Waals surface area contributed by atoms with E-state index < -0.39 is 0 Å². The van der Waals surface area contributed by atoms with Gasteiger partial charge >= 0.3 is 0 Å². The van der Waals surface area contributed by atoms with Crippen molar-refractivity contribution in [1.29, 1.82) is 0 Å². The van der Waals surface area contributed by atoms with Crippen LogP contribution in [0.5, 0.6) is 11.5 Å². The molecule has 0 radical (unpaired) electrons. The fourth-order valence-electron chi connectivity index (χ4n) is 3.39. The van der Waals surface area contributed by atoms with Crippen LogP contribution in [0.2, 0.25) is 0 Å². The average molecular weight is 387 g/mol. The third kappa shape index (κ3) is 4.40. The molecule has 2 N–H and O–H groups in total. The van der Waals surface area contributed by atoms with Gasteiger partial charge in [-0.2, -0.15) is 0 Å². The molecule has 4 aromatic rings. The van der Waals surface area contributed by atoms with Crippen LogP contribution in [0.4, 0.5) is 5.82 Å². The highest BCUT2D eigenvalue weighted by Crippen LogP contribution is 2.26. The zero-order valence-electron chi connectivity index (χ0n) is 16.8. The molecule has 29 heavy (non-hydrogen) atoms. The van der Waals surface area contributed by atoms with Crippen molar-refractivity contribution >= 4 is 27.6 Å². The maximum atomic E-state index is 6.17. The topological polar surface area (TPSA) is 70.3 Å². The number of nitrogens with zero attached hydrogens (tertiary/aromatic N) is 2. The van der Waals surface area contributed by atoms with Crippen molar-refractivity contribution in [1.82, 2.24) is 9.97 Å². The normalized spacial score (nSPS) is 12.2. The SMILES string of the molecule is Cc1ccc2cccc(OC(C)CCCOc3cccc4ccc(N)nc34)c2n1. The highest BCUT2D eigenvalue weighted by Gasteiger charge is 2.10. The zero-order valence-corrected chi connectivity index (χ0v) is 16.8. The van der Waals surface area contributed by atoms with Gasteiger partial charge in [0.05, 0.1) is 12.7 Å². The van der Waals surface area contributed by atoms with E-state index in [1.54, 1.807) is 6.07 Å². The standard InChI is InChI=1S/C24H25N3O2/c1-16-11-12-18-8-4-10-21(24(18)26-16)29-17(2)6-5-15-28-20-9-3-7-19-13-14-22(25)27-23(19)20/h3-4,7-14,17H,5-6,15H2,1-2H3,(H2,25,27). The van der Waals surface area contributed by atoms with Gasteiger partial charge in [0.1, 0.15) is 28.4 Å². The van der Waals surface area contributed by atoms with Crippen LogP contribution < -0.4 is 15.2 Å². The summed E-state index contributed by atoms with van der Waals surface area (Å²) in [4.78, 5) is 9.04. The van der Waals surface area contributed by atoms with E-state index in [-0.39, 0.29) is 6.10 Å². The van der Waals surface area contributed by atoms with Gasteiger partial charge in [0.25, 0.3) is 0 Å². The number of aryl methyl sites for hydroxylation is 1. The predicted octanol–water partition coefficient (Wildman–Crippen LogP) is 5.30. The fraction of sp³-hybridized carbons (Fsp3) is 0.250. The molecule has 0 amide bonds. The van der Waals surface area contributed by atoms with Gasteiger partial charge in [-0.3, -0.25) is 0 Å². The molecule has 5 nitrogen and oxygen atoms in total. The molecular weight excluding hydrogens is 362 g/mol. The third-order valence-corrected chi connectivity index (χ3v) is 4.87. The van der Waals surface area contributed by atoms with E-state index in [2.05, 4.69) is 29.0 Å². The van der Waals surface area contributed by atoms with Crippen LogP contribution in [0.15, 0.2) is 60.7 Å². The summed E-state index contributed by atoms with van der Waals surface area (Å²) in [5.74, 6) is 2.08. The summed E-state index contributed by atoms with van der Waals surface area (Å²) in [6.07, 6.45) is 1.81. The lowest BCUT2D eigenvalue weighted by molar-refractivity contribution is 0.196. The van der Waals surface area contributed by atoms with Gasteiger partial charge in [0.2, 0.25) is 0 Å². The maximum absolute atomic E-state index is 6.17. The molecule has 2 aromatic carbocycles. The maximum Gasteiger partial charge on any atom is 0.145 e. The van der Waals surface area contributed by atoms with Crippen molar-refractivity contribution in [2.45, 2.75) is 32.8 Å². The number of pyridine rings is 2. The Labute approximate surface area is 170 Å². The number of hydrogen-bond acceptors (Lipinski definition) is 5. The van der Waals surface area contributed by atoms with Crippen molar-refractivity contribution < 1.29 is 9.47 Å². The van der Waals surface area contributed by atoms with Crippen molar-refractivity contribution in [3.63, 3.8) is 0 Å². The predicted molar refractivity (Wildman–Crippen MR) is 117 cm³/mol. The molecule has 5 heteroatoms. The Balaban J connectivity index is 1.35. The molecular formula is C24H25N3O2. The van der Waals surface area contributed by atoms with Gasteiger partial charge in [-0.25, -0.2) is 9.97 Å². The molecule has 0 spiro atoms. The number of hydrogen-bond donors (Lipinski definition) is 1. The van der Waals surface area contributed by atoms with Gasteiger partial charge < -0.3 is 15.2 Å². The first-order valence-electron chi connectivity index (χ1n) is 9.91. The van der Waals surface area contributed by atoms with Crippen LogP contribution in [0.25, 0.3) is 21.8 Å². The molecule has 0 aliphatic rings. The van der Waals surface area contributed by atoms with Crippen molar-refractivity contribution in [2.24, 2.45) is 0 Å². The smallest absolute Gasteiger partial charge is 0.145 e. The first-order valence-corrected chi connectivity index (χ1v) is 9.91. The number of ether oxygens (including phenoxy) is 2. The highest BCUT2D eigenvalue weighted by molar-refractivity contribution is 5.86. The lowest BCUT2D eigenvalue weighted by atomic mass is 10.2. The number of rotatable bonds is 7. The van der Waals surface area contributed by atoms with Crippen LogP contribution >= 0.6 is 0 Å².